The Balaban J connectivity index is 2.42. The first-order valence-corrected chi connectivity index (χ1v) is 12.4. The smallest absolute Gasteiger partial charge is 0.304 e. The van der Waals surface area contributed by atoms with Crippen molar-refractivity contribution >= 4 is 39.3 Å². The minimum atomic E-state index is -3.97. The van der Waals surface area contributed by atoms with Gasteiger partial charge in [0.15, 0.2) is 0 Å². The molecule has 1 N–H and O–H groups in total. The van der Waals surface area contributed by atoms with E-state index in [1.807, 2.05) is 6.92 Å². The van der Waals surface area contributed by atoms with Gasteiger partial charge in [0.05, 0.1) is 5.69 Å². The molecule has 0 aliphatic rings. The summed E-state index contributed by atoms with van der Waals surface area (Å²) in [5.74, 6) is -0.845. The number of benzene rings is 2. The molecule has 0 fully saturated rings. The minimum Gasteiger partial charge on any atom is -0.354 e. The largest absolute Gasteiger partial charge is 0.354 e. The van der Waals surface area contributed by atoms with Crippen LogP contribution in [0.4, 0.5) is 5.69 Å². The van der Waals surface area contributed by atoms with Gasteiger partial charge in [-0.25, -0.2) is 4.31 Å². The number of hydrogen-bond donors (Lipinski definition) is 1. The van der Waals surface area contributed by atoms with Crippen molar-refractivity contribution in [2.75, 3.05) is 31.5 Å². The zero-order valence-corrected chi connectivity index (χ0v) is 20.9. The van der Waals surface area contributed by atoms with Gasteiger partial charge in [-0.1, -0.05) is 54.9 Å². The number of carbonyl (C=O) groups is 2. The van der Waals surface area contributed by atoms with Crippen LogP contribution < -0.4 is 9.62 Å². The van der Waals surface area contributed by atoms with Gasteiger partial charge in [0, 0.05) is 32.2 Å². The van der Waals surface area contributed by atoms with E-state index in [4.69, 9.17) is 11.6 Å². The Morgan fingerprint density at radius 2 is 1.64 bits per heavy atom. The maximum Gasteiger partial charge on any atom is 0.304 e. The van der Waals surface area contributed by atoms with Crippen molar-refractivity contribution in [1.29, 1.82) is 0 Å². The molecular weight excluding hydrogens is 464 g/mol. The molecule has 2 aromatic carbocycles. The third-order valence-electron chi connectivity index (χ3n) is 5.08. The fourth-order valence-corrected chi connectivity index (χ4v) is 4.35. The molecule has 1 atom stereocenters. The average molecular weight is 495 g/mol. The molecule has 180 valence electrons. The van der Waals surface area contributed by atoms with Crippen molar-refractivity contribution in [2.45, 2.75) is 32.9 Å². The van der Waals surface area contributed by atoms with E-state index in [2.05, 4.69) is 5.32 Å². The Morgan fingerprint density at radius 1 is 1.03 bits per heavy atom. The zero-order chi connectivity index (χ0) is 24.6. The number of rotatable bonds is 11. The Morgan fingerprint density at radius 3 is 2.21 bits per heavy atom. The van der Waals surface area contributed by atoms with Crippen molar-refractivity contribution < 1.29 is 18.0 Å². The number of hydrogen-bond acceptors (Lipinski definition) is 4. The number of amides is 2. The van der Waals surface area contributed by atoms with Crippen molar-refractivity contribution in [3.8, 4) is 0 Å². The van der Waals surface area contributed by atoms with Gasteiger partial charge in [0.1, 0.15) is 12.6 Å². The maximum absolute atomic E-state index is 13.5. The van der Waals surface area contributed by atoms with E-state index in [1.165, 1.54) is 19.0 Å². The van der Waals surface area contributed by atoms with Gasteiger partial charge in [0.2, 0.25) is 11.8 Å². The fraction of sp³-hybridized carbons (Fsp3) is 0.391. The van der Waals surface area contributed by atoms with Crippen LogP contribution in [0.15, 0.2) is 54.6 Å². The SMILES string of the molecule is CCCNC(=O)C(C)N(Cc1ccccc1Cl)C(=O)CN(c1ccccc1)S(=O)(=O)N(C)C. The number of anilines is 1. The highest BCUT2D eigenvalue weighted by Crippen LogP contribution is 2.22. The van der Waals surface area contributed by atoms with Gasteiger partial charge in [-0.05, 0) is 37.1 Å². The number of halogens is 1. The van der Waals surface area contributed by atoms with Crippen LogP contribution in [-0.4, -0.2) is 62.7 Å². The van der Waals surface area contributed by atoms with Crippen molar-refractivity contribution in [1.82, 2.24) is 14.5 Å². The van der Waals surface area contributed by atoms with E-state index in [0.717, 1.165) is 15.0 Å². The van der Waals surface area contributed by atoms with Crippen LogP contribution in [0.1, 0.15) is 25.8 Å². The van der Waals surface area contributed by atoms with E-state index < -0.39 is 28.7 Å². The topological polar surface area (TPSA) is 90.0 Å². The van der Waals surface area contributed by atoms with Crippen LogP contribution in [0.2, 0.25) is 5.02 Å². The summed E-state index contributed by atoms with van der Waals surface area (Å²) >= 11 is 6.31. The van der Waals surface area contributed by atoms with Crippen LogP contribution in [0.3, 0.4) is 0 Å². The van der Waals surface area contributed by atoms with E-state index >= 15 is 0 Å². The molecule has 33 heavy (non-hydrogen) atoms. The fourth-order valence-electron chi connectivity index (χ4n) is 3.10. The molecule has 0 aromatic heterocycles. The quantitative estimate of drug-likeness (QED) is 0.520. The molecule has 0 radical (unpaired) electrons. The van der Waals surface area contributed by atoms with E-state index in [0.29, 0.717) is 22.8 Å². The van der Waals surface area contributed by atoms with Gasteiger partial charge in [-0.2, -0.15) is 12.7 Å². The lowest BCUT2D eigenvalue weighted by Crippen LogP contribution is -2.52. The Kier molecular flexibility index (Phi) is 9.70. The third kappa shape index (κ3) is 6.93. The van der Waals surface area contributed by atoms with E-state index in [9.17, 15) is 18.0 Å². The lowest BCUT2D eigenvalue weighted by Gasteiger charge is -2.33. The standard InChI is InChI=1S/C23H31ClN4O4S/c1-5-15-25-23(30)18(2)27(16-19-11-9-10-14-21(19)24)22(29)17-28(33(31,32)26(3)4)20-12-7-6-8-13-20/h6-14,18H,5,15-17H2,1-4H3,(H,25,30). The highest BCUT2D eigenvalue weighted by molar-refractivity contribution is 7.90. The number of carbonyl (C=O) groups excluding carboxylic acids is 2. The molecule has 2 rings (SSSR count). The van der Waals surface area contributed by atoms with Gasteiger partial charge in [-0.15, -0.1) is 0 Å². The summed E-state index contributed by atoms with van der Waals surface area (Å²) in [7, 11) is -1.17. The molecule has 0 aliphatic heterocycles. The first-order valence-electron chi connectivity index (χ1n) is 10.6. The Bertz CT molecular complexity index is 1050. The number of nitrogens with zero attached hydrogens (tertiary/aromatic N) is 3. The van der Waals surface area contributed by atoms with Crippen LogP contribution in [0.5, 0.6) is 0 Å². The summed E-state index contributed by atoms with van der Waals surface area (Å²) in [4.78, 5) is 27.6. The van der Waals surface area contributed by atoms with Crippen LogP contribution in [0.25, 0.3) is 0 Å². The molecule has 0 saturated heterocycles. The van der Waals surface area contributed by atoms with Crippen LogP contribution in [0, 0.1) is 0 Å². The third-order valence-corrected chi connectivity index (χ3v) is 7.27. The van der Waals surface area contributed by atoms with Crippen LogP contribution >= 0.6 is 11.6 Å². The Labute approximate surface area is 201 Å². The number of para-hydroxylation sites is 1. The highest BCUT2D eigenvalue weighted by Gasteiger charge is 2.32. The summed E-state index contributed by atoms with van der Waals surface area (Å²) in [5.41, 5.74) is 1.00. The second-order valence-electron chi connectivity index (χ2n) is 7.71. The summed E-state index contributed by atoms with van der Waals surface area (Å²) in [6.07, 6.45) is 0.750. The molecule has 2 aromatic rings. The normalized spacial score (nSPS) is 12.3. The molecule has 10 heteroatoms. The molecule has 1 unspecified atom stereocenters. The molecule has 0 bridgehead atoms. The second kappa shape index (κ2) is 12.0. The summed E-state index contributed by atoms with van der Waals surface area (Å²) in [5, 5.41) is 3.25. The zero-order valence-electron chi connectivity index (χ0n) is 19.4. The van der Waals surface area contributed by atoms with Gasteiger partial charge >= 0.3 is 10.2 Å². The van der Waals surface area contributed by atoms with Gasteiger partial charge in [0.25, 0.3) is 0 Å². The summed E-state index contributed by atoms with van der Waals surface area (Å²) < 4.78 is 28.1. The number of nitrogens with one attached hydrogen (secondary N) is 1. The first-order chi connectivity index (χ1) is 15.6. The summed E-state index contributed by atoms with van der Waals surface area (Å²) in [6, 6.07) is 14.6. The average Bonchev–Trinajstić information content (AvgIpc) is 2.80. The van der Waals surface area contributed by atoms with Gasteiger partial charge < -0.3 is 10.2 Å². The molecule has 2 amide bonds. The lowest BCUT2D eigenvalue weighted by molar-refractivity contribution is -0.139. The predicted molar refractivity (Wildman–Crippen MR) is 131 cm³/mol. The molecular formula is C23H31ClN4O4S. The van der Waals surface area contributed by atoms with Crippen LogP contribution in [-0.2, 0) is 26.3 Å². The lowest BCUT2D eigenvalue weighted by atomic mass is 10.1. The molecule has 8 nitrogen and oxygen atoms in total. The van der Waals surface area contributed by atoms with Gasteiger partial charge in [-0.3, -0.25) is 9.59 Å². The van der Waals surface area contributed by atoms with E-state index in [-0.39, 0.29) is 12.5 Å². The van der Waals surface area contributed by atoms with Crippen molar-refractivity contribution in [3.63, 3.8) is 0 Å². The second-order valence-corrected chi connectivity index (χ2v) is 10.2. The Hall–Kier alpha value is -2.62. The minimum absolute atomic E-state index is 0.0594. The molecule has 0 heterocycles. The first kappa shape index (κ1) is 26.6. The monoisotopic (exact) mass is 494 g/mol. The van der Waals surface area contributed by atoms with Crippen molar-refractivity contribution in [2.24, 2.45) is 0 Å². The molecule has 0 spiro atoms. The highest BCUT2D eigenvalue weighted by atomic mass is 35.5. The molecule has 0 aliphatic carbocycles. The predicted octanol–water partition coefficient (Wildman–Crippen LogP) is 2.90. The maximum atomic E-state index is 13.5. The molecule has 0 saturated carbocycles. The summed E-state index contributed by atoms with van der Waals surface area (Å²) in [6.45, 7) is 3.61. The van der Waals surface area contributed by atoms with E-state index in [1.54, 1.807) is 61.5 Å². The van der Waals surface area contributed by atoms with Crippen molar-refractivity contribution in [3.05, 3.63) is 65.2 Å².